The molecule has 1 aromatic rings. The van der Waals surface area contributed by atoms with Crippen LogP contribution in [0.5, 0.6) is 0 Å². The summed E-state index contributed by atoms with van der Waals surface area (Å²) in [4.78, 5) is 0. The number of nitrogens with two attached hydrogens (primary N) is 1. The Morgan fingerprint density at radius 2 is 1.92 bits per heavy atom. The Morgan fingerprint density at radius 3 is 2.46 bits per heavy atom. The van der Waals surface area contributed by atoms with Crippen LogP contribution >= 0.6 is 11.6 Å². The SMILES string of the molecule is N[C@@H](Cl)[C@@H](O)CCc1ccccc1. The number of benzene rings is 1. The standard InChI is InChI=1S/C10H14ClNO/c11-10(12)9(13)7-6-8-4-2-1-3-5-8/h1-5,9-10,13H,6-7,12H2/t9-,10+/m0/s1. The van der Waals surface area contributed by atoms with Crippen molar-refractivity contribution in [2.75, 3.05) is 0 Å². The number of aryl methyl sites for hydroxylation is 1. The smallest absolute Gasteiger partial charge is 0.106 e. The zero-order valence-electron chi connectivity index (χ0n) is 7.36. The molecule has 0 saturated heterocycles. The maximum atomic E-state index is 9.33. The molecule has 0 fully saturated rings. The third-order valence-corrected chi connectivity index (χ3v) is 2.23. The van der Waals surface area contributed by atoms with Crippen LogP contribution in [0.1, 0.15) is 12.0 Å². The monoisotopic (exact) mass is 199 g/mol. The van der Waals surface area contributed by atoms with Gasteiger partial charge in [0.25, 0.3) is 0 Å². The Labute approximate surface area is 83.3 Å². The molecule has 3 N–H and O–H groups in total. The number of hydrogen-bond donors (Lipinski definition) is 2. The van der Waals surface area contributed by atoms with Gasteiger partial charge in [0.15, 0.2) is 0 Å². The van der Waals surface area contributed by atoms with Crippen LogP contribution in [0.4, 0.5) is 0 Å². The van der Waals surface area contributed by atoms with E-state index in [2.05, 4.69) is 0 Å². The summed E-state index contributed by atoms with van der Waals surface area (Å²) in [6.45, 7) is 0. The minimum absolute atomic E-state index is 0.606. The molecule has 2 nitrogen and oxygen atoms in total. The number of alkyl halides is 1. The molecule has 0 saturated carbocycles. The lowest BCUT2D eigenvalue weighted by atomic mass is 10.1. The summed E-state index contributed by atoms with van der Waals surface area (Å²) in [7, 11) is 0. The fourth-order valence-corrected chi connectivity index (χ4v) is 1.24. The molecule has 1 rings (SSSR count). The third kappa shape index (κ3) is 3.77. The summed E-state index contributed by atoms with van der Waals surface area (Å²) in [6.07, 6.45) is 0.791. The van der Waals surface area contributed by atoms with Crippen molar-refractivity contribution in [3.05, 3.63) is 35.9 Å². The maximum Gasteiger partial charge on any atom is 0.106 e. The second-order valence-electron chi connectivity index (χ2n) is 3.04. The Balaban J connectivity index is 2.35. The average molecular weight is 200 g/mol. The number of aliphatic hydroxyl groups excluding tert-OH is 1. The van der Waals surface area contributed by atoms with Crippen molar-refractivity contribution in [1.29, 1.82) is 0 Å². The van der Waals surface area contributed by atoms with Crippen molar-refractivity contribution in [3.8, 4) is 0 Å². The van der Waals surface area contributed by atoms with E-state index in [1.165, 1.54) is 5.56 Å². The first-order valence-electron chi connectivity index (χ1n) is 4.32. The van der Waals surface area contributed by atoms with E-state index in [1.807, 2.05) is 30.3 Å². The highest BCUT2D eigenvalue weighted by atomic mass is 35.5. The summed E-state index contributed by atoms with van der Waals surface area (Å²) in [5, 5.41) is 9.33. The minimum atomic E-state index is -0.663. The first-order valence-corrected chi connectivity index (χ1v) is 4.75. The van der Waals surface area contributed by atoms with Gasteiger partial charge in [-0.25, -0.2) is 0 Å². The number of halogens is 1. The highest BCUT2D eigenvalue weighted by Crippen LogP contribution is 2.07. The quantitative estimate of drug-likeness (QED) is 0.571. The molecule has 0 aliphatic heterocycles. The van der Waals surface area contributed by atoms with Crippen LogP contribution in [0.2, 0.25) is 0 Å². The second-order valence-corrected chi connectivity index (χ2v) is 3.54. The van der Waals surface area contributed by atoms with E-state index in [-0.39, 0.29) is 0 Å². The highest BCUT2D eigenvalue weighted by molar-refractivity contribution is 6.20. The summed E-state index contributed by atoms with van der Waals surface area (Å²) in [6, 6.07) is 9.96. The van der Waals surface area contributed by atoms with Gasteiger partial charge < -0.3 is 10.8 Å². The molecule has 0 bridgehead atoms. The summed E-state index contributed by atoms with van der Waals surface area (Å²) in [5.41, 5.74) is 5.85. The first kappa shape index (κ1) is 10.5. The first-order chi connectivity index (χ1) is 6.20. The van der Waals surface area contributed by atoms with E-state index in [9.17, 15) is 5.11 Å². The maximum absolute atomic E-state index is 9.33. The van der Waals surface area contributed by atoms with E-state index < -0.39 is 11.6 Å². The molecule has 0 heterocycles. The van der Waals surface area contributed by atoms with E-state index in [4.69, 9.17) is 17.3 Å². The molecule has 0 aromatic heterocycles. The van der Waals surface area contributed by atoms with Gasteiger partial charge in [-0.15, -0.1) is 11.6 Å². The van der Waals surface area contributed by atoms with Gasteiger partial charge in [0.2, 0.25) is 0 Å². The van der Waals surface area contributed by atoms with Crippen LogP contribution in [0.15, 0.2) is 30.3 Å². The molecule has 2 atom stereocenters. The molecule has 0 amide bonds. The van der Waals surface area contributed by atoms with Gasteiger partial charge in [0, 0.05) is 0 Å². The van der Waals surface area contributed by atoms with Crippen LogP contribution in [-0.2, 0) is 6.42 Å². The van der Waals surface area contributed by atoms with Gasteiger partial charge in [-0.2, -0.15) is 0 Å². The van der Waals surface area contributed by atoms with Gasteiger partial charge in [0.1, 0.15) is 5.50 Å². The van der Waals surface area contributed by atoms with Gasteiger partial charge in [-0.3, -0.25) is 0 Å². The summed E-state index contributed by atoms with van der Waals surface area (Å²) in [5.74, 6) is 0. The van der Waals surface area contributed by atoms with Crippen molar-refractivity contribution >= 4 is 11.6 Å². The van der Waals surface area contributed by atoms with Gasteiger partial charge in [-0.05, 0) is 18.4 Å². The number of hydrogen-bond acceptors (Lipinski definition) is 2. The zero-order chi connectivity index (χ0) is 9.68. The Bertz CT molecular complexity index is 238. The summed E-state index contributed by atoms with van der Waals surface area (Å²) >= 11 is 5.52. The number of aliphatic hydroxyl groups is 1. The van der Waals surface area contributed by atoms with Crippen molar-refractivity contribution in [1.82, 2.24) is 0 Å². The average Bonchev–Trinajstić information content (AvgIpc) is 2.15. The predicted octanol–water partition coefficient (Wildman–Crippen LogP) is 1.50. The molecule has 13 heavy (non-hydrogen) atoms. The Kier molecular flexibility index (Phi) is 4.22. The molecule has 0 aliphatic rings. The molecular weight excluding hydrogens is 186 g/mol. The van der Waals surface area contributed by atoms with Gasteiger partial charge >= 0.3 is 0 Å². The van der Waals surface area contributed by atoms with Crippen LogP contribution in [-0.4, -0.2) is 16.7 Å². The highest BCUT2D eigenvalue weighted by Gasteiger charge is 2.10. The Hall–Kier alpha value is -0.570. The lowest BCUT2D eigenvalue weighted by Crippen LogP contribution is -2.29. The van der Waals surface area contributed by atoms with Crippen molar-refractivity contribution < 1.29 is 5.11 Å². The van der Waals surface area contributed by atoms with Gasteiger partial charge in [0.05, 0.1) is 6.10 Å². The lowest BCUT2D eigenvalue weighted by Gasteiger charge is -2.11. The number of rotatable bonds is 4. The van der Waals surface area contributed by atoms with Gasteiger partial charge in [-0.1, -0.05) is 30.3 Å². The zero-order valence-corrected chi connectivity index (χ0v) is 8.11. The Morgan fingerprint density at radius 1 is 1.31 bits per heavy atom. The molecule has 0 aliphatic carbocycles. The largest absolute Gasteiger partial charge is 0.390 e. The second kappa shape index (κ2) is 5.22. The van der Waals surface area contributed by atoms with Crippen LogP contribution in [0.25, 0.3) is 0 Å². The van der Waals surface area contributed by atoms with Crippen molar-refractivity contribution in [2.45, 2.75) is 24.4 Å². The normalized spacial score (nSPS) is 15.3. The molecule has 3 heteroatoms. The van der Waals surface area contributed by atoms with Crippen LogP contribution in [0.3, 0.4) is 0 Å². The van der Waals surface area contributed by atoms with Crippen LogP contribution < -0.4 is 5.73 Å². The van der Waals surface area contributed by atoms with E-state index in [0.29, 0.717) is 6.42 Å². The third-order valence-electron chi connectivity index (χ3n) is 1.94. The summed E-state index contributed by atoms with van der Waals surface area (Å²) < 4.78 is 0. The molecule has 1 aromatic carbocycles. The molecule has 0 unspecified atom stereocenters. The van der Waals surface area contributed by atoms with E-state index >= 15 is 0 Å². The molecule has 0 spiro atoms. The molecule has 72 valence electrons. The van der Waals surface area contributed by atoms with Crippen LogP contribution in [0, 0.1) is 0 Å². The molecular formula is C10H14ClNO. The topological polar surface area (TPSA) is 46.2 Å². The van der Waals surface area contributed by atoms with Crippen molar-refractivity contribution in [3.63, 3.8) is 0 Å². The fourth-order valence-electron chi connectivity index (χ4n) is 1.12. The molecule has 0 radical (unpaired) electrons. The predicted molar refractivity (Wildman–Crippen MR) is 54.6 cm³/mol. The lowest BCUT2D eigenvalue weighted by molar-refractivity contribution is 0.161. The fraction of sp³-hybridized carbons (Fsp3) is 0.400. The van der Waals surface area contributed by atoms with E-state index in [0.717, 1.165) is 6.42 Å². The minimum Gasteiger partial charge on any atom is -0.390 e. The van der Waals surface area contributed by atoms with E-state index in [1.54, 1.807) is 0 Å². The van der Waals surface area contributed by atoms with Crippen molar-refractivity contribution in [2.24, 2.45) is 5.73 Å².